The number of aliphatic hydroxyl groups excluding tert-OH is 1. The van der Waals surface area contributed by atoms with Gasteiger partial charge in [-0.2, -0.15) is 4.31 Å². The molecule has 0 radical (unpaired) electrons. The van der Waals surface area contributed by atoms with Crippen LogP contribution in [0.1, 0.15) is 24.2 Å². The number of anilines is 1. The Kier molecular flexibility index (Phi) is 9.48. The Hall–Kier alpha value is -3.23. The number of likely N-dealkylation sites (N-methyl/N-ethyl adjacent to an activating group) is 1. The molecule has 0 saturated heterocycles. The molecule has 0 bridgehead atoms. The van der Waals surface area contributed by atoms with E-state index in [0.29, 0.717) is 5.02 Å². The number of sulfonamides is 2. The van der Waals surface area contributed by atoms with Crippen LogP contribution in [0, 0.1) is 11.7 Å². The summed E-state index contributed by atoms with van der Waals surface area (Å²) in [6.45, 7) is 3.14. The average molecular weight is 640 g/mol. The lowest BCUT2D eigenvalue weighted by Crippen LogP contribution is -2.50. The Morgan fingerprint density at radius 3 is 2.31 bits per heavy atom. The number of nitrogens with one attached hydrogen (secondary N) is 1. The highest BCUT2D eigenvalue weighted by Gasteiger charge is 2.35. The predicted octanol–water partition coefficient (Wildman–Crippen LogP) is 3.82. The second-order valence-corrected chi connectivity index (χ2v) is 14.3. The molecule has 1 heterocycles. The van der Waals surface area contributed by atoms with Crippen LogP contribution >= 0.6 is 11.6 Å². The largest absolute Gasteiger partial charge is 0.488 e. The van der Waals surface area contributed by atoms with Crippen LogP contribution in [0.4, 0.5) is 10.1 Å². The molecule has 3 aromatic carbocycles. The molecule has 42 heavy (non-hydrogen) atoms. The summed E-state index contributed by atoms with van der Waals surface area (Å²) < 4.78 is 75.4. The Morgan fingerprint density at radius 2 is 1.69 bits per heavy atom. The van der Waals surface area contributed by atoms with Crippen LogP contribution in [0.3, 0.4) is 0 Å². The van der Waals surface area contributed by atoms with Gasteiger partial charge in [-0.3, -0.25) is 9.52 Å². The number of halogens is 2. The molecule has 1 aliphatic rings. The molecule has 10 nitrogen and oxygen atoms in total. The van der Waals surface area contributed by atoms with E-state index < -0.39 is 43.9 Å². The van der Waals surface area contributed by atoms with Crippen LogP contribution in [0.2, 0.25) is 5.02 Å². The fraction of sp³-hybridized carbons (Fsp3) is 0.321. The van der Waals surface area contributed by atoms with Gasteiger partial charge in [-0.05, 0) is 73.7 Å². The van der Waals surface area contributed by atoms with Crippen molar-refractivity contribution in [1.82, 2.24) is 9.21 Å². The number of aliphatic hydroxyl groups is 1. The Labute approximate surface area is 249 Å². The minimum Gasteiger partial charge on any atom is -0.488 e. The number of hydrogen-bond donors (Lipinski definition) is 2. The second-order valence-electron chi connectivity index (χ2n) is 10.1. The molecule has 0 unspecified atom stereocenters. The van der Waals surface area contributed by atoms with Crippen molar-refractivity contribution in [2.75, 3.05) is 31.5 Å². The molecule has 0 saturated carbocycles. The first-order valence-corrected chi connectivity index (χ1v) is 16.3. The highest BCUT2D eigenvalue weighted by Crippen LogP contribution is 2.32. The van der Waals surface area contributed by atoms with Crippen molar-refractivity contribution >= 4 is 43.2 Å². The number of hydrogen-bond acceptors (Lipinski definition) is 7. The molecule has 2 N–H and O–H groups in total. The smallest absolute Gasteiger partial charge is 0.261 e. The standard InChI is InChI=1S/C28H31ClFN3O7S2/c1-18-15-33(19(2)17-34)28(35)25-14-22(31-41(36,37)23-9-4-20(29)5-10-23)8-13-26(25)40-27(18)16-32(3)42(38,39)24-11-6-21(30)7-12-24/h4-14,18-19,27,31,34H,15-17H2,1-3H3/t18-,19+,27+/m1/s1. The molecule has 3 aromatic rings. The molecule has 3 atom stereocenters. The van der Waals surface area contributed by atoms with E-state index in [0.717, 1.165) is 16.4 Å². The summed E-state index contributed by atoms with van der Waals surface area (Å²) in [6, 6.07) is 13.7. The van der Waals surface area contributed by atoms with E-state index in [9.17, 15) is 31.1 Å². The van der Waals surface area contributed by atoms with Crippen LogP contribution in [0.5, 0.6) is 5.75 Å². The van der Waals surface area contributed by atoms with Crippen LogP contribution in [-0.2, 0) is 20.0 Å². The Morgan fingerprint density at radius 1 is 1.07 bits per heavy atom. The van der Waals surface area contributed by atoms with Crippen molar-refractivity contribution in [3.05, 3.63) is 83.1 Å². The maximum absolute atomic E-state index is 13.7. The number of nitrogens with zero attached hydrogens (tertiary/aromatic N) is 2. The van der Waals surface area contributed by atoms with Gasteiger partial charge in [0.25, 0.3) is 15.9 Å². The number of fused-ring (bicyclic) bond motifs is 1. The van der Waals surface area contributed by atoms with Gasteiger partial charge in [0.05, 0.1) is 34.5 Å². The third kappa shape index (κ3) is 6.87. The molecule has 14 heteroatoms. The van der Waals surface area contributed by atoms with E-state index in [1.54, 1.807) is 13.8 Å². The maximum Gasteiger partial charge on any atom is 0.261 e. The third-order valence-corrected chi connectivity index (χ3v) is 10.5. The highest BCUT2D eigenvalue weighted by molar-refractivity contribution is 7.92. The van der Waals surface area contributed by atoms with Crippen LogP contribution < -0.4 is 9.46 Å². The first-order chi connectivity index (χ1) is 19.7. The highest BCUT2D eigenvalue weighted by atomic mass is 35.5. The minimum absolute atomic E-state index is 0.0314. The summed E-state index contributed by atoms with van der Waals surface area (Å²) in [5, 5.41) is 10.2. The van der Waals surface area contributed by atoms with Crippen molar-refractivity contribution in [3.63, 3.8) is 0 Å². The topological polar surface area (TPSA) is 133 Å². The lowest BCUT2D eigenvalue weighted by Gasteiger charge is -2.38. The number of benzene rings is 3. The second kappa shape index (κ2) is 12.6. The van der Waals surface area contributed by atoms with E-state index in [1.807, 2.05) is 0 Å². The summed E-state index contributed by atoms with van der Waals surface area (Å²) in [4.78, 5) is 15.0. The summed E-state index contributed by atoms with van der Waals surface area (Å²) >= 11 is 5.87. The maximum atomic E-state index is 13.7. The first kappa shape index (κ1) is 31.7. The minimum atomic E-state index is -4.02. The number of carbonyl (C=O) groups is 1. The van der Waals surface area contributed by atoms with Gasteiger partial charge in [-0.15, -0.1) is 0 Å². The van der Waals surface area contributed by atoms with Crippen molar-refractivity contribution in [3.8, 4) is 5.75 Å². The van der Waals surface area contributed by atoms with E-state index in [4.69, 9.17) is 16.3 Å². The zero-order valence-corrected chi connectivity index (χ0v) is 25.5. The zero-order chi connectivity index (χ0) is 30.8. The molecule has 1 amide bonds. The van der Waals surface area contributed by atoms with Gasteiger partial charge < -0.3 is 14.7 Å². The van der Waals surface area contributed by atoms with E-state index in [-0.39, 0.29) is 52.4 Å². The van der Waals surface area contributed by atoms with Crippen LogP contribution in [-0.4, -0.2) is 75.9 Å². The lowest BCUT2D eigenvalue weighted by molar-refractivity contribution is 0.0387. The summed E-state index contributed by atoms with van der Waals surface area (Å²) in [6.07, 6.45) is -0.748. The van der Waals surface area contributed by atoms with Gasteiger partial charge in [-0.1, -0.05) is 18.5 Å². The van der Waals surface area contributed by atoms with Gasteiger partial charge >= 0.3 is 0 Å². The predicted molar refractivity (Wildman–Crippen MR) is 156 cm³/mol. The lowest BCUT2D eigenvalue weighted by atomic mass is 9.99. The molecule has 0 aromatic heterocycles. The molecule has 0 spiro atoms. The molecule has 226 valence electrons. The van der Waals surface area contributed by atoms with Gasteiger partial charge in [-0.25, -0.2) is 21.2 Å². The number of rotatable bonds is 9. The van der Waals surface area contributed by atoms with E-state index in [1.165, 1.54) is 66.5 Å². The van der Waals surface area contributed by atoms with Gasteiger partial charge in [0.1, 0.15) is 17.7 Å². The first-order valence-electron chi connectivity index (χ1n) is 13.0. The van der Waals surface area contributed by atoms with Crippen molar-refractivity contribution < 1.29 is 35.9 Å². The van der Waals surface area contributed by atoms with E-state index in [2.05, 4.69) is 4.72 Å². The average Bonchev–Trinajstić information content (AvgIpc) is 2.95. The Bertz CT molecular complexity index is 1650. The van der Waals surface area contributed by atoms with Gasteiger partial charge in [0.15, 0.2) is 0 Å². The third-order valence-electron chi connectivity index (χ3n) is 7.00. The summed E-state index contributed by atoms with van der Waals surface area (Å²) in [5.74, 6) is -1.32. The van der Waals surface area contributed by atoms with Crippen molar-refractivity contribution in [2.24, 2.45) is 5.92 Å². The molecule has 0 aliphatic carbocycles. The fourth-order valence-corrected chi connectivity index (χ4v) is 6.83. The fourth-order valence-electron chi connectivity index (χ4n) is 4.47. The normalized spacial score (nSPS) is 18.5. The van der Waals surface area contributed by atoms with Crippen molar-refractivity contribution in [2.45, 2.75) is 35.8 Å². The summed E-state index contributed by atoms with van der Waals surface area (Å²) in [5.41, 5.74) is 0.131. The van der Waals surface area contributed by atoms with Crippen LogP contribution in [0.25, 0.3) is 0 Å². The monoisotopic (exact) mass is 639 g/mol. The quantitative estimate of drug-likeness (QED) is 0.364. The molecular weight excluding hydrogens is 609 g/mol. The number of carbonyl (C=O) groups excluding carboxylic acids is 1. The van der Waals surface area contributed by atoms with E-state index >= 15 is 0 Å². The van der Waals surface area contributed by atoms with Gasteiger partial charge in [0.2, 0.25) is 10.0 Å². The molecule has 4 rings (SSSR count). The van der Waals surface area contributed by atoms with Gasteiger partial charge in [0, 0.05) is 30.2 Å². The molecular formula is C28H31ClFN3O7S2. The Balaban J connectivity index is 1.68. The SMILES string of the molecule is C[C@@H]1CN([C@@H](C)CO)C(=O)c2cc(NS(=O)(=O)c3ccc(Cl)cc3)ccc2O[C@H]1CN(C)S(=O)(=O)c1ccc(F)cc1. The number of amides is 1. The number of ether oxygens (including phenoxy) is 1. The molecule has 0 fully saturated rings. The van der Waals surface area contributed by atoms with Crippen molar-refractivity contribution in [1.29, 1.82) is 0 Å². The molecule has 1 aliphatic heterocycles. The zero-order valence-electron chi connectivity index (χ0n) is 23.1. The van der Waals surface area contributed by atoms with Crippen LogP contribution in [0.15, 0.2) is 76.5 Å². The summed E-state index contributed by atoms with van der Waals surface area (Å²) in [7, 11) is -6.64.